The van der Waals surface area contributed by atoms with Gasteiger partial charge in [0.25, 0.3) is 5.91 Å². The van der Waals surface area contributed by atoms with Crippen LogP contribution in [-0.4, -0.2) is 41.6 Å². The van der Waals surface area contributed by atoms with Crippen molar-refractivity contribution >= 4 is 11.9 Å². The standard InChI is InChI=1S/C19H22N4O3/c1-12(11-26-2)22-18(24)14-5-3-13(4-6-14)17-16-7-8-21-9-15(16)10-23(17)19(20)25/h3-9,12,17H,10-11H2,1-2H3,(H2,20,25)(H,22,24). The minimum absolute atomic E-state index is 0.0771. The van der Waals surface area contributed by atoms with E-state index in [9.17, 15) is 9.59 Å². The Morgan fingerprint density at radius 2 is 2.08 bits per heavy atom. The van der Waals surface area contributed by atoms with E-state index >= 15 is 0 Å². The van der Waals surface area contributed by atoms with Gasteiger partial charge in [0.2, 0.25) is 0 Å². The summed E-state index contributed by atoms with van der Waals surface area (Å²) in [6, 6.07) is 8.28. The lowest BCUT2D eigenvalue weighted by molar-refractivity contribution is 0.0905. The first-order valence-electron chi connectivity index (χ1n) is 8.40. The first-order chi connectivity index (χ1) is 12.5. The first kappa shape index (κ1) is 17.9. The summed E-state index contributed by atoms with van der Waals surface area (Å²) in [7, 11) is 1.59. The number of amides is 3. The number of hydrogen-bond donors (Lipinski definition) is 2. The zero-order valence-corrected chi connectivity index (χ0v) is 14.8. The third-order valence-electron chi connectivity index (χ3n) is 4.45. The number of nitrogens with two attached hydrogens (primary N) is 1. The van der Waals surface area contributed by atoms with Crippen LogP contribution in [0.25, 0.3) is 0 Å². The SMILES string of the molecule is COCC(C)NC(=O)c1ccc(C2c3ccncc3CN2C(N)=O)cc1. The Balaban J connectivity index is 1.83. The molecule has 1 aliphatic heterocycles. The van der Waals surface area contributed by atoms with Crippen molar-refractivity contribution in [2.24, 2.45) is 5.73 Å². The summed E-state index contributed by atoms with van der Waals surface area (Å²) < 4.78 is 5.03. The third kappa shape index (κ3) is 3.52. The van der Waals surface area contributed by atoms with E-state index in [0.717, 1.165) is 16.7 Å². The predicted octanol–water partition coefficient (Wildman–Crippen LogP) is 1.83. The number of benzene rings is 1. The van der Waals surface area contributed by atoms with E-state index in [2.05, 4.69) is 10.3 Å². The van der Waals surface area contributed by atoms with Gasteiger partial charge in [-0.3, -0.25) is 9.78 Å². The van der Waals surface area contributed by atoms with Crippen molar-refractivity contribution < 1.29 is 14.3 Å². The van der Waals surface area contributed by atoms with Gasteiger partial charge >= 0.3 is 6.03 Å². The average molecular weight is 354 g/mol. The molecular weight excluding hydrogens is 332 g/mol. The largest absolute Gasteiger partial charge is 0.383 e. The number of rotatable bonds is 5. The Kier molecular flexibility index (Phi) is 5.18. The number of pyridine rings is 1. The van der Waals surface area contributed by atoms with Crippen LogP contribution in [0.15, 0.2) is 42.7 Å². The number of hydrogen-bond acceptors (Lipinski definition) is 4. The van der Waals surface area contributed by atoms with Crippen LogP contribution < -0.4 is 11.1 Å². The summed E-state index contributed by atoms with van der Waals surface area (Å²) in [5.41, 5.74) is 8.99. The Bertz CT molecular complexity index is 807. The van der Waals surface area contributed by atoms with Gasteiger partial charge in [0.15, 0.2) is 0 Å². The van der Waals surface area contributed by atoms with Crippen LogP contribution in [0.4, 0.5) is 4.79 Å². The summed E-state index contributed by atoms with van der Waals surface area (Å²) in [6.45, 7) is 2.76. The molecule has 3 N–H and O–H groups in total. The molecule has 2 unspecified atom stereocenters. The Hall–Kier alpha value is -2.93. The highest BCUT2D eigenvalue weighted by molar-refractivity contribution is 5.94. The molecule has 2 atom stereocenters. The molecule has 0 spiro atoms. The highest BCUT2D eigenvalue weighted by Crippen LogP contribution is 2.37. The van der Waals surface area contributed by atoms with Gasteiger partial charge < -0.3 is 20.7 Å². The van der Waals surface area contributed by atoms with Crippen molar-refractivity contribution in [2.45, 2.75) is 25.6 Å². The molecular formula is C19H22N4O3. The summed E-state index contributed by atoms with van der Waals surface area (Å²) in [5.74, 6) is -0.163. The van der Waals surface area contributed by atoms with Crippen molar-refractivity contribution in [2.75, 3.05) is 13.7 Å². The molecule has 0 fully saturated rings. The van der Waals surface area contributed by atoms with E-state index < -0.39 is 6.03 Å². The molecule has 0 radical (unpaired) electrons. The molecule has 0 aliphatic carbocycles. The summed E-state index contributed by atoms with van der Waals surface area (Å²) in [4.78, 5) is 29.9. The molecule has 26 heavy (non-hydrogen) atoms. The molecule has 7 nitrogen and oxygen atoms in total. The van der Waals surface area contributed by atoms with Crippen LogP contribution in [0, 0.1) is 0 Å². The van der Waals surface area contributed by atoms with Gasteiger partial charge in [-0.1, -0.05) is 12.1 Å². The normalized spacial score (nSPS) is 16.8. The number of aromatic nitrogens is 1. The van der Waals surface area contributed by atoms with Crippen LogP contribution in [-0.2, 0) is 11.3 Å². The Labute approximate surface area is 152 Å². The van der Waals surface area contributed by atoms with Crippen molar-refractivity contribution in [1.29, 1.82) is 0 Å². The number of methoxy groups -OCH3 is 1. The van der Waals surface area contributed by atoms with E-state index in [1.54, 1.807) is 36.5 Å². The lowest BCUT2D eigenvalue weighted by atomic mass is 9.98. The molecule has 2 heterocycles. The summed E-state index contributed by atoms with van der Waals surface area (Å²) in [6.07, 6.45) is 3.46. The molecule has 0 saturated heterocycles. The lowest BCUT2D eigenvalue weighted by Gasteiger charge is -2.24. The van der Waals surface area contributed by atoms with Gasteiger partial charge in [0.05, 0.1) is 19.2 Å². The van der Waals surface area contributed by atoms with Crippen LogP contribution in [0.3, 0.4) is 0 Å². The monoisotopic (exact) mass is 354 g/mol. The maximum atomic E-state index is 12.3. The Morgan fingerprint density at radius 3 is 2.73 bits per heavy atom. The van der Waals surface area contributed by atoms with Gasteiger partial charge in [0, 0.05) is 31.1 Å². The second-order valence-corrected chi connectivity index (χ2v) is 6.40. The van der Waals surface area contributed by atoms with Crippen LogP contribution in [0.1, 0.15) is 40.0 Å². The van der Waals surface area contributed by atoms with Gasteiger partial charge in [0.1, 0.15) is 0 Å². The highest BCUT2D eigenvalue weighted by Gasteiger charge is 2.33. The van der Waals surface area contributed by atoms with Crippen LogP contribution >= 0.6 is 0 Å². The number of carbonyl (C=O) groups excluding carboxylic acids is 2. The zero-order chi connectivity index (χ0) is 18.7. The van der Waals surface area contributed by atoms with Crippen LogP contribution in [0.2, 0.25) is 0 Å². The molecule has 7 heteroatoms. The fourth-order valence-corrected chi connectivity index (χ4v) is 3.26. The number of urea groups is 1. The lowest BCUT2D eigenvalue weighted by Crippen LogP contribution is -2.36. The van der Waals surface area contributed by atoms with Crippen molar-refractivity contribution in [3.63, 3.8) is 0 Å². The number of primary amides is 1. The van der Waals surface area contributed by atoms with E-state index in [-0.39, 0.29) is 18.0 Å². The molecule has 2 aromatic rings. The van der Waals surface area contributed by atoms with E-state index in [4.69, 9.17) is 10.5 Å². The van der Waals surface area contributed by atoms with Gasteiger partial charge in [-0.25, -0.2) is 4.79 Å². The number of nitrogens with one attached hydrogen (secondary N) is 1. The second-order valence-electron chi connectivity index (χ2n) is 6.40. The molecule has 1 aromatic carbocycles. The maximum Gasteiger partial charge on any atom is 0.315 e. The van der Waals surface area contributed by atoms with Crippen molar-refractivity contribution in [3.05, 3.63) is 65.0 Å². The third-order valence-corrected chi connectivity index (χ3v) is 4.45. The number of carbonyl (C=O) groups is 2. The molecule has 1 aliphatic rings. The Morgan fingerprint density at radius 1 is 1.35 bits per heavy atom. The molecule has 136 valence electrons. The summed E-state index contributed by atoms with van der Waals surface area (Å²) in [5, 5.41) is 2.87. The highest BCUT2D eigenvalue weighted by atomic mass is 16.5. The number of nitrogens with zero attached hydrogens (tertiary/aromatic N) is 2. The molecule has 3 amide bonds. The van der Waals surface area contributed by atoms with Crippen molar-refractivity contribution in [3.8, 4) is 0 Å². The van der Waals surface area contributed by atoms with E-state index in [1.807, 2.05) is 25.1 Å². The predicted molar refractivity (Wildman–Crippen MR) is 96.5 cm³/mol. The minimum Gasteiger partial charge on any atom is -0.383 e. The first-order valence-corrected chi connectivity index (χ1v) is 8.40. The zero-order valence-electron chi connectivity index (χ0n) is 14.8. The quantitative estimate of drug-likeness (QED) is 0.856. The van der Waals surface area contributed by atoms with Crippen molar-refractivity contribution in [1.82, 2.24) is 15.2 Å². The topological polar surface area (TPSA) is 97.6 Å². The maximum absolute atomic E-state index is 12.3. The number of ether oxygens (including phenoxy) is 1. The molecule has 1 aromatic heterocycles. The fraction of sp³-hybridized carbons (Fsp3) is 0.316. The van der Waals surface area contributed by atoms with Crippen LogP contribution in [0.5, 0.6) is 0 Å². The summed E-state index contributed by atoms with van der Waals surface area (Å²) >= 11 is 0. The molecule has 0 saturated carbocycles. The fourth-order valence-electron chi connectivity index (χ4n) is 3.26. The number of fused-ring (bicyclic) bond motifs is 1. The average Bonchev–Trinajstić information content (AvgIpc) is 3.02. The van der Waals surface area contributed by atoms with E-state index in [0.29, 0.717) is 18.7 Å². The van der Waals surface area contributed by atoms with E-state index in [1.165, 1.54) is 0 Å². The van der Waals surface area contributed by atoms with Gasteiger partial charge in [-0.05, 0) is 41.8 Å². The van der Waals surface area contributed by atoms with Gasteiger partial charge in [-0.2, -0.15) is 0 Å². The molecule has 3 rings (SSSR count). The van der Waals surface area contributed by atoms with Gasteiger partial charge in [-0.15, -0.1) is 0 Å². The molecule has 0 bridgehead atoms. The smallest absolute Gasteiger partial charge is 0.315 e. The second kappa shape index (κ2) is 7.53. The minimum atomic E-state index is -0.485.